The molecule has 6 nitrogen and oxygen atoms in total. The van der Waals surface area contributed by atoms with Gasteiger partial charge in [0.05, 0.1) is 36.7 Å². The maximum absolute atomic E-state index is 14.2. The van der Waals surface area contributed by atoms with Crippen LogP contribution in [-0.4, -0.2) is 46.2 Å². The summed E-state index contributed by atoms with van der Waals surface area (Å²) in [5.74, 6) is -4.60. The van der Waals surface area contributed by atoms with Gasteiger partial charge in [-0.2, -0.15) is 5.26 Å². The zero-order valence-electron chi connectivity index (χ0n) is 18.6. The largest absolute Gasteiger partial charge is 0.343 e. The SMILES string of the molecule is N#CC1(C2CC2)CC(F)(F)CN1C(=O)CNC(=O)c1ccnc2ccc(-c3ccc(Cl)cc3)cc12. The van der Waals surface area contributed by atoms with Crippen LogP contribution >= 0.6 is 11.6 Å². The number of benzene rings is 2. The molecule has 1 N–H and O–H groups in total. The molecule has 1 aliphatic heterocycles. The normalized spacial score (nSPS) is 21.0. The van der Waals surface area contributed by atoms with Crippen molar-refractivity contribution in [3.05, 3.63) is 65.3 Å². The molecule has 5 rings (SSSR count). The van der Waals surface area contributed by atoms with Gasteiger partial charge in [0.15, 0.2) is 0 Å². The van der Waals surface area contributed by atoms with Crippen molar-refractivity contribution in [1.29, 1.82) is 5.26 Å². The van der Waals surface area contributed by atoms with E-state index in [2.05, 4.69) is 10.3 Å². The first kappa shape index (κ1) is 23.2. The smallest absolute Gasteiger partial charge is 0.268 e. The minimum Gasteiger partial charge on any atom is -0.343 e. The number of fused-ring (bicyclic) bond motifs is 1. The molecule has 2 heterocycles. The zero-order chi connectivity index (χ0) is 24.8. The second kappa shape index (κ2) is 8.58. The van der Waals surface area contributed by atoms with Gasteiger partial charge in [0.1, 0.15) is 5.54 Å². The summed E-state index contributed by atoms with van der Waals surface area (Å²) >= 11 is 5.98. The van der Waals surface area contributed by atoms with Crippen molar-refractivity contribution in [1.82, 2.24) is 15.2 Å². The molecule has 35 heavy (non-hydrogen) atoms. The summed E-state index contributed by atoms with van der Waals surface area (Å²) < 4.78 is 28.4. The van der Waals surface area contributed by atoms with Crippen molar-refractivity contribution >= 4 is 34.3 Å². The van der Waals surface area contributed by atoms with E-state index in [0.717, 1.165) is 16.0 Å². The lowest BCUT2D eigenvalue weighted by molar-refractivity contribution is -0.134. The van der Waals surface area contributed by atoms with Gasteiger partial charge in [0.2, 0.25) is 5.91 Å². The molecule has 9 heteroatoms. The maximum Gasteiger partial charge on any atom is 0.268 e. The van der Waals surface area contributed by atoms with E-state index >= 15 is 0 Å². The van der Waals surface area contributed by atoms with Gasteiger partial charge in [-0.15, -0.1) is 0 Å². The van der Waals surface area contributed by atoms with Crippen molar-refractivity contribution in [3.8, 4) is 17.2 Å². The van der Waals surface area contributed by atoms with E-state index in [1.807, 2.05) is 30.3 Å². The number of nitrogens with zero attached hydrogens (tertiary/aromatic N) is 3. The molecule has 0 bridgehead atoms. The topological polar surface area (TPSA) is 86.1 Å². The molecule has 1 unspecified atom stereocenters. The van der Waals surface area contributed by atoms with Crippen LogP contribution in [0.25, 0.3) is 22.0 Å². The van der Waals surface area contributed by atoms with Crippen LogP contribution in [0.5, 0.6) is 0 Å². The number of carbonyl (C=O) groups is 2. The predicted octanol–water partition coefficient (Wildman–Crippen LogP) is 4.82. The van der Waals surface area contributed by atoms with Crippen LogP contribution in [0.4, 0.5) is 8.78 Å². The molecule has 3 aromatic rings. The lowest BCUT2D eigenvalue weighted by Gasteiger charge is -2.31. The molecule has 1 saturated carbocycles. The minimum absolute atomic E-state index is 0.254. The van der Waals surface area contributed by atoms with E-state index in [9.17, 15) is 23.6 Å². The number of nitriles is 1. The van der Waals surface area contributed by atoms with E-state index in [1.54, 1.807) is 24.3 Å². The van der Waals surface area contributed by atoms with Crippen LogP contribution in [0.1, 0.15) is 29.6 Å². The van der Waals surface area contributed by atoms with Gasteiger partial charge in [-0.3, -0.25) is 14.6 Å². The molecular formula is C26H21ClF2N4O2. The lowest BCUT2D eigenvalue weighted by Crippen LogP contribution is -2.51. The number of carbonyl (C=O) groups excluding carboxylic acids is 2. The van der Waals surface area contributed by atoms with Crippen LogP contribution in [0, 0.1) is 17.2 Å². The Morgan fingerprint density at radius 3 is 2.54 bits per heavy atom. The Balaban J connectivity index is 1.37. The Labute approximate surface area is 205 Å². The monoisotopic (exact) mass is 494 g/mol. The summed E-state index contributed by atoms with van der Waals surface area (Å²) in [7, 11) is 0. The first-order valence-corrected chi connectivity index (χ1v) is 11.6. The molecule has 2 aromatic carbocycles. The van der Waals surface area contributed by atoms with Crippen LogP contribution in [0.2, 0.25) is 5.02 Å². The average molecular weight is 495 g/mol. The fraction of sp³-hybridized carbons (Fsp3) is 0.308. The summed E-state index contributed by atoms with van der Waals surface area (Å²) in [4.78, 5) is 31.2. The van der Waals surface area contributed by atoms with Crippen molar-refractivity contribution in [2.45, 2.75) is 30.7 Å². The van der Waals surface area contributed by atoms with E-state index in [0.29, 0.717) is 34.3 Å². The first-order chi connectivity index (χ1) is 16.7. The standard InChI is InChI=1S/C26H21ClF2N4O2/c27-19-6-1-16(2-7-19)17-3-8-22-21(11-17)20(9-10-31-22)24(35)32-12-23(34)33-15-26(28,29)13-25(33,14-30)18-4-5-18/h1-3,6-11,18H,4-5,12-13,15H2,(H,32,35). The van der Waals surface area contributed by atoms with Gasteiger partial charge in [0.25, 0.3) is 11.8 Å². The lowest BCUT2D eigenvalue weighted by atomic mass is 9.91. The number of nitrogens with one attached hydrogen (secondary N) is 1. The van der Waals surface area contributed by atoms with Crippen molar-refractivity contribution in [3.63, 3.8) is 0 Å². The molecule has 2 fully saturated rings. The number of rotatable bonds is 5. The molecular weight excluding hydrogens is 474 g/mol. The number of halogens is 3. The predicted molar refractivity (Wildman–Crippen MR) is 127 cm³/mol. The van der Waals surface area contributed by atoms with Crippen LogP contribution in [0.15, 0.2) is 54.7 Å². The van der Waals surface area contributed by atoms with Crippen molar-refractivity contribution in [2.75, 3.05) is 13.1 Å². The van der Waals surface area contributed by atoms with Crippen LogP contribution < -0.4 is 5.32 Å². The highest BCUT2D eigenvalue weighted by Crippen LogP contribution is 2.52. The fourth-order valence-electron chi connectivity index (χ4n) is 4.86. The molecule has 1 atom stereocenters. The second-order valence-corrected chi connectivity index (χ2v) is 9.54. The van der Waals surface area contributed by atoms with Gasteiger partial charge in [-0.25, -0.2) is 8.78 Å². The number of likely N-dealkylation sites (tertiary alicyclic amines) is 1. The highest BCUT2D eigenvalue weighted by Gasteiger charge is 2.62. The second-order valence-electron chi connectivity index (χ2n) is 9.10. The summed E-state index contributed by atoms with van der Waals surface area (Å²) in [6.45, 7) is -1.29. The number of alkyl halides is 2. The molecule has 1 aliphatic carbocycles. The van der Waals surface area contributed by atoms with Gasteiger partial charge in [-0.1, -0.05) is 29.8 Å². The van der Waals surface area contributed by atoms with Gasteiger partial charge in [-0.05, 0) is 60.2 Å². The number of hydrogen-bond donors (Lipinski definition) is 1. The number of hydrogen-bond acceptors (Lipinski definition) is 4. The first-order valence-electron chi connectivity index (χ1n) is 11.2. The minimum atomic E-state index is -3.13. The molecule has 2 amide bonds. The van der Waals surface area contributed by atoms with Gasteiger partial charge < -0.3 is 10.2 Å². The van der Waals surface area contributed by atoms with Crippen LogP contribution in [0.3, 0.4) is 0 Å². The number of pyridine rings is 1. The van der Waals surface area contributed by atoms with Crippen LogP contribution in [-0.2, 0) is 4.79 Å². The Hall–Kier alpha value is -3.57. The Kier molecular flexibility index (Phi) is 5.68. The highest BCUT2D eigenvalue weighted by atomic mass is 35.5. The molecule has 0 spiro atoms. The highest BCUT2D eigenvalue weighted by molar-refractivity contribution is 6.30. The third kappa shape index (κ3) is 4.32. The molecule has 178 valence electrons. The summed E-state index contributed by atoms with van der Waals surface area (Å²) in [5, 5.41) is 13.5. The average Bonchev–Trinajstić information content (AvgIpc) is 3.66. The number of amides is 2. The third-order valence-electron chi connectivity index (χ3n) is 6.71. The Morgan fingerprint density at radius 1 is 1.14 bits per heavy atom. The Bertz CT molecular complexity index is 1370. The van der Waals surface area contributed by atoms with Gasteiger partial charge >= 0.3 is 0 Å². The Morgan fingerprint density at radius 2 is 1.86 bits per heavy atom. The summed E-state index contributed by atoms with van der Waals surface area (Å²) in [6, 6.07) is 16.3. The van der Waals surface area contributed by atoms with E-state index in [1.165, 1.54) is 6.20 Å². The van der Waals surface area contributed by atoms with E-state index < -0.39 is 42.8 Å². The quantitative estimate of drug-likeness (QED) is 0.550. The number of aromatic nitrogens is 1. The zero-order valence-corrected chi connectivity index (χ0v) is 19.4. The summed E-state index contributed by atoms with van der Waals surface area (Å²) in [5.41, 5.74) is 1.15. The van der Waals surface area contributed by atoms with Crippen molar-refractivity contribution < 1.29 is 18.4 Å². The van der Waals surface area contributed by atoms with Gasteiger partial charge in [0, 0.05) is 16.6 Å². The van der Waals surface area contributed by atoms with Crippen molar-refractivity contribution in [2.24, 2.45) is 5.92 Å². The molecule has 2 aliphatic rings. The molecule has 0 radical (unpaired) electrons. The molecule has 1 aromatic heterocycles. The van der Waals surface area contributed by atoms with E-state index in [-0.39, 0.29) is 5.92 Å². The van der Waals surface area contributed by atoms with E-state index in [4.69, 9.17) is 11.6 Å². The summed E-state index contributed by atoms with van der Waals surface area (Å²) in [6.07, 6.45) is 2.11. The fourth-order valence-corrected chi connectivity index (χ4v) is 4.98. The third-order valence-corrected chi connectivity index (χ3v) is 6.96. The maximum atomic E-state index is 14.2. The molecule has 1 saturated heterocycles.